The van der Waals surface area contributed by atoms with Crippen molar-refractivity contribution in [3.8, 4) is 0 Å². The topological polar surface area (TPSA) is 94.8 Å². The number of Topliss-reactive ketones (excluding diaryl/α,β-unsaturated/α-hetero) is 1. The first kappa shape index (κ1) is 28.4. The first-order valence-corrected chi connectivity index (χ1v) is 13.5. The van der Waals surface area contributed by atoms with Crippen LogP contribution >= 0.6 is 0 Å². The second-order valence-corrected chi connectivity index (χ2v) is 10.3. The van der Waals surface area contributed by atoms with Crippen LogP contribution in [0.15, 0.2) is 47.0 Å². The second kappa shape index (κ2) is 11.8. The lowest BCUT2D eigenvalue weighted by molar-refractivity contribution is -0.141. The maximum absolute atomic E-state index is 14.1. The number of carbonyl (C=O) groups excluding carboxylic acids is 2. The van der Waals surface area contributed by atoms with Crippen LogP contribution in [0.25, 0.3) is 0 Å². The Labute approximate surface area is 234 Å². The molecule has 0 saturated carbocycles. The molecular weight excluding hydrogens is 544 g/mol. The summed E-state index contributed by atoms with van der Waals surface area (Å²) in [4.78, 5) is 38.1. The number of benzene rings is 1. The Morgan fingerprint density at radius 1 is 1.15 bits per heavy atom. The van der Waals surface area contributed by atoms with Gasteiger partial charge >= 0.3 is 12.2 Å². The molecule has 0 spiro atoms. The van der Waals surface area contributed by atoms with Gasteiger partial charge in [0.25, 0.3) is 6.01 Å². The lowest BCUT2D eigenvalue weighted by atomic mass is 10.0. The normalized spacial score (nSPS) is 17.8. The summed E-state index contributed by atoms with van der Waals surface area (Å²) in [5, 5.41) is 3.08. The number of alkyl halides is 3. The number of carbonyl (C=O) groups is 2. The third-order valence-electron chi connectivity index (χ3n) is 7.18. The van der Waals surface area contributed by atoms with Crippen molar-refractivity contribution < 1.29 is 31.6 Å². The third kappa shape index (κ3) is 6.44. The van der Waals surface area contributed by atoms with Crippen molar-refractivity contribution in [2.45, 2.75) is 32.4 Å². The molecule has 13 heteroatoms. The smallest absolute Gasteiger partial charge is 0.420 e. The molecule has 5 rings (SSSR count). The van der Waals surface area contributed by atoms with E-state index in [1.807, 2.05) is 6.92 Å². The zero-order valence-corrected chi connectivity index (χ0v) is 22.5. The van der Waals surface area contributed by atoms with Crippen LogP contribution in [0, 0.1) is 11.7 Å². The molecule has 41 heavy (non-hydrogen) atoms. The number of piperidine rings is 1. The van der Waals surface area contributed by atoms with Crippen LogP contribution in [0.1, 0.15) is 41.6 Å². The number of anilines is 3. The largest absolute Gasteiger partial charge is 0.437 e. The molecule has 9 nitrogen and oxygen atoms in total. The molecule has 1 atom stereocenters. The first-order valence-electron chi connectivity index (χ1n) is 13.5. The van der Waals surface area contributed by atoms with E-state index in [0.717, 1.165) is 12.8 Å². The van der Waals surface area contributed by atoms with Crippen LogP contribution in [0.5, 0.6) is 0 Å². The fourth-order valence-electron chi connectivity index (χ4n) is 5.09. The van der Waals surface area contributed by atoms with Crippen molar-refractivity contribution in [3.05, 3.63) is 65.4 Å². The van der Waals surface area contributed by atoms with Crippen LogP contribution in [0.4, 0.5) is 39.9 Å². The first-order chi connectivity index (χ1) is 19.6. The van der Waals surface area contributed by atoms with Crippen LogP contribution in [0.3, 0.4) is 0 Å². The highest BCUT2D eigenvalue weighted by Gasteiger charge is 2.42. The molecule has 218 valence electrons. The Balaban J connectivity index is 1.16. The highest BCUT2D eigenvalue weighted by Crippen LogP contribution is 2.35. The summed E-state index contributed by atoms with van der Waals surface area (Å²) < 4.78 is 60.5. The molecule has 2 aliphatic rings. The van der Waals surface area contributed by atoms with E-state index in [0.29, 0.717) is 50.6 Å². The zero-order valence-electron chi connectivity index (χ0n) is 22.5. The molecule has 3 aromatic rings. The molecule has 1 N–H and O–H groups in total. The SMILES string of the molecule is CC1CCCN(c2nc(C(F)(F)F)c(C(=O)Cc3ccc(NCCN4CCN(c5ccccc5F)C4=O)nc3)o2)C1. The Morgan fingerprint density at radius 2 is 1.95 bits per heavy atom. The van der Waals surface area contributed by atoms with Crippen LogP contribution in [-0.4, -0.2) is 66.0 Å². The monoisotopic (exact) mass is 574 g/mol. The van der Waals surface area contributed by atoms with Crippen LogP contribution in [0.2, 0.25) is 0 Å². The Kier molecular flexibility index (Phi) is 8.13. The molecule has 2 fully saturated rings. The zero-order chi connectivity index (χ0) is 29.1. The van der Waals surface area contributed by atoms with E-state index in [9.17, 15) is 27.2 Å². The van der Waals surface area contributed by atoms with Gasteiger partial charge in [0.15, 0.2) is 5.69 Å². The highest BCUT2D eigenvalue weighted by atomic mass is 19.4. The summed E-state index contributed by atoms with van der Waals surface area (Å²) in [5.74, 6) is -1.34. The highest BCUT2D eigenvalue weighted by molar-refractivity contribution is 5.96. The van der Waals surface area contributed by atoms with Crippen molar-refractivity contribution in [2.24, 2.45) is 5.92 Å². The number of halogens is 4. The average Bonchev–Trinajstić information content (AvgIpc) is 3.55. The number of nitrogens with one attached hydrogen (secondary N) is 1. The minimum absolute atomic E-state index is 0.182. The van der Waals surface area contributed by atoms with E-state index in [-0.39, 0.29) is 30.1 Å². The van der Waals surface area contributed by atoms with Gasteiger partial charge in [-0.3, -0.25) is 9.69 Å². The van der Waals surface area contributed by atoms with Gasteiger partial charge in [-0.1, -0.05) is 25.1 Å². The molecule has 0 bridgehead atoms. The Morgan fingerprint density at radius 3 is 2.66 bits per heavy atom. The van der Waals surface area contributed by atoms with Crippen molar-refractivity contribution in [1.82, 2.24) is 14.9 Å². The number of rotatable bonds is 9. The maximum atomic E-state index is 14.1. The molecule has 4 heterocycles. The van der Waals surface area contributed by atoms with E-state index in [4.69, 9.17) is 4.42 Å². The molecule has 1 unspecified atom stereocenters. The molecule has 2 aliphatic heterocycles. The van der Waals surface area contributed by atoms with Gasteiger partial charge in [0.2, 0.25) is 11.5 Å². The number of aromatic nitrogens is 2. The number of urea groups is 1. The van der Waals surface area contributed by atoms with Crippen molar-refractivity contribution in [1.29, 1.82) is 0 Å². The lowest BCUT2D eigenvalue weighted by Crippen LogP contribution is -2.35. The predicted molar refractivity (Wildman–Crippen MR) is 144 cm³/mol. The van der Waals surface area contributed by atoms with Crippen LogP contribution in [-0.2, 0) is 12.6 Å². The summed E-state index contributed by atoms with van der Waals surface area (Å²) >= 11 is 0. The van der Waals surface area contributed by atoms with Crippen molar-refractivity contribution >= 4 is 29.3 Å². The fraction of sp³-hybridized carbons (Fsp3) is 0.429. The predicted octanol–water partition coefficient (Wildman–Crippen LogP) is 5.24. The standard InChI is InChI=1S/C28H30F4N6O3/c1-18-5-4-11-37(17-18)26-35-25(28(30,31)32)24(41-26)22(39)15-19-8-9-23(34-16-19)33-10-12-36-13-14-38(27(36)40)21-7-3-2-6-20(21)29/h2-3,6-9,16,18H,4-5,10-15,17H2,1H3,(H,33,34). The van der Waals surface area contributed by atoms with E-state index < -0.39 is 29.2 Å². The molecule has 2 amide bonds. The number of ketones is 1. The maximum Gasteiger partial charge on any atom is 0.437 e. The van der Waals surface area contributed by atoms with Gasteiger partial charge in [-0.15, -0.1) is 0 Å². The molecular formula is C28H30F4N6O3. The number of oxazole rings is 1. The molecule has 2 aromatic heterocycles. The van der Waals surface area contributed by atoms with E-state index in [1.54, 1.807) is 40.1 Å². The number of para-hydroxylation sites is 1. The summed E-state index contributed by atoms with van der Waals surface area (Å²) in [6.07, 6.45) is -1.99. The fourth-order valence-corrected chi connectivity index (χ4v) is 5.09. The van der Waals surface area contributed by atoms with Gasteiger partial charge in [-0.05, 0) is 42.5 Å². The average molecular weight is 575 g/mol. The number of pyridine rings is 1. The molecule has 0 radical (unpaired) electrons. The molecule has 1 aromatic carbocycles. The minimum atomic E-state index is -4.83. The Bertz CT molecular complexity index is 1390. The quantitative estimate of drug-likeness (QED) is 0.276. The summed E-state index contributed by atoms with van der Waals surface area (Å²) in [5.41, 5.74) is -0.662. The number of nitrogens with zero attached hydrogens (tertiary/aromatic N) is 5. The molecule has 2 saturated heterocycles. The van der Waals surface area contributed by atoms with Gasteiger partial charge in [0.1, 0.15) is 11.6 Å². The van der Waals surface area contributed by atoms with Gasteiger partial charge < -0.3 is 19.5 Å². The number of hydrogen-bond acceptors (Lipinski definition) is 7. The van der Waals surface area contributed by atoms with Crippen molar-refractivity contribution in [2.75, 3.05) is 54.4 Å². The van der Waals surface area contributed by atoms with E-state index in [1.165, 1.54) is 17.2 Å². The van der Waals surface area contributed by atoms with E-state index >= 15 is 0 Å². The number of amides is 2. The van der Waals surface area contributed by atoms with Gasteiger partial charge in [-0.2, -0.15) is 18.2 Å². The lowest BCUT2D eigenvalue weighted by Gasteiger charge is -2.29. The van der Waals surface area contributed by atoms with Gasteiger partial charge in [-0.25, -0.2) is 14.2 Å². The third-order valence-corrected chi connectivity index (χ3v) is 7.18. The summed E-state index contributed by atoms with van der Waals surface area (Å²) in [6, 6.07) is 8.83. The number of hydrogen-bond donors (Lipinski definition) is 1. The second-order valence-electron chi connectivity index (χ2n) is 10.3. The summed E-state index contributed by atoms with van der Waals surface area (Å²) in [7, 11) is 0. The minimum Gasteiger partial charge on any atom is -0.420 e. The molecule has 0 aliphatic carbocycles. The van der Waals surface area contributed by atoms with E-state index in [2.05, 4.69) is 15.3 Å². The van der Waals surface area contributed by atoms with Gasteiger partial charge in [0, 0.05) is 51.9 Å². The van der Waals surface area contributed by atoms with Gasteiger partial charge in [0.05, 0.1) is 5.69 Å². The summed E-state index contributed by atoms with van der Waals surface area (Å²) in [6.45, 7) is 4.58. The van der Waals surface area contributed by atoms with Crippen LogP contribution < -0.4 is 15.1 Å². The Hall–Kier alpha value is -4.16. The van der Waals surface area contributed by atoms with Crippen molar-refractivity contribution in [3.63, 3.8) is 0 Å².